The van der Waals surface area contributed by atoms with Crippen LogP contribution in [0.3, 0.4) is 0 Å². The van der Waals surface area contributed by atoms with Crippen molar-refractivity contribution in [1.82, 2.24) is 24.5 Å². The summed E-state index contributed by atoms with van der Waals surface area (Å²) >= 11 is 0. The molecule has 0 spiro atoms. The van der Waals surface area contributed by atoms with Crippen molar-refractivity contribution in [3.05, 3.63) is 66.4 Å². The number of rotatable bonds is 5. The van der Waals surface area contributed by atoms with Crippen molar-refractivity contribution in [2.75, 3.05) is 0 Å². The molecule has 132 valence electrons. The monoisotopic (exact) mass is 353 g/mol. The number of imidazole rings is 2. The lowest BCUT2D eigenvalue weighted by Crippen LogP contribution is -2.11. The summed E-state index contributed by atoms with van der Waals surface area (Å²) in [5.74, 6) is -0.404. The molecular weight excluding hydrogens is 336 g/mol. The topological polar surface area (TPSA) is 59.4 Å². The lowest BCUT2D eigenvalue weighted by Gasteiger charge is -2.15. The highest BCUT2D eigenvalue weighted by molar-refractivity contribution is 5.73. The smallest absolute Gasteiger partial charge is 0.157 e. The molecule has 5 nitrogen and oxygen atoms in total. The largest absolute Gasteiger partial charge is 0.331 e. The second-order valence-corrected chi connectivity index (χ2v) is 6.44. The number of H-pyrrole nitrogens is 1. The quantitative estimate of drug-likeness (QED) is 0.590. The molecule has 0 bridgehead atoms. The molecule has 0 aliphatic rings. The Hall–Kier alpha value is -3.09. The number of benzene rings is 1. The Morgan fingerprint density at radius 3 is 2.69 bits per heavy atom. The molecule has 0 aliphatic heterocycles. The van der Waals surface area contributed by atoms with E-state index in [4.69, 9.17) is 0 Å². The van der Waals surface area contributed by atoms with Crippen LogP contribution < -0.4 is 0 Å². The van der Waals surface area contributed by atoms with Gasteiger partial charge in [0.05, 0.1) is 6.33 Å². The van der Waals surface area contributed by atoms with Crippen LogP contribution in [-0.4, -0.2) is 24.5 Å². The summed E-state index contributed by atoms with van der Waals surface area (Å²) in [6, 6.07) is 5.42. The summed E-state index contributed by atoms with van der Waals surface area (Å²) in [6.07, 6.45) is 7.67. The number of aromatic nitrogens is 5. The van der Waals surface area contributed by atoms with Gasteiger partial charge in [-0.05, 0) is 36.1 Å². The van der Waals surface area contributed by atoms with Gasteiger partial charge in [-0.3, -0.25) is 0 Å². The van der Waals surface area contributed by atoms with Crippen LogP contribution in [0.25, 0.3) is 22.6 Å². The molecule has 4 aromatic rings. The fraction of sp³-hybridized carbons (Fsp3) is 0.211. The molecule has 0 amide bonds. The Kier molecular flexibility index (Phi) is 4.20. The van der Waals surface area contributed by atoms with Crippen LogP contribution in [0, 0.1) is 17.6 Å². The van der Waals surface area contributed by atoms with Gasteiger partial charge < -0.3 is 9.55 Å². The maximum atomic E-state index is 13.5. The molecule has 0 saturated heterocycles. The Morgan fingerprint density at radius 1 is 1.08 bits per heavy atom. The third-order valence-electron chi connectivity index (χ3n) is 4.32. The number of hydrogen-bond acceptors (Lipinski definition) is 3. The molecule has 3 heterocycles. The molecule has 1 atom stereocenters. The number of aromatic amines is 1. The summed E-state index contributed by atoms with van der Waals surface area (Å²) in [7, 11) is 0. The van der Waals surface area contributed by atoms with Gasteiger partial charge in [0, 0.05) is 36.8 Å². The highest BCUT2D eigenvalue weighted by atomic mass is 19.1. The van der Waals surface area contributed by atoms with Gasteiger partial charge in [-0.25, -0.2) is 23.7 Å². The lowest BCUT2D eigenvalue weighted by molar-refractivity contribution is 0.483. The average Bonchev–Trinajstić information content (AvgIpc) is 3.23. The summed E-state index contributed by atoms with van der Waals surface area (Å²) < 4.78 is 29.0. The first-order chi connectivity index (χ1) is 12.6. The van der Waals surface area contributed by atoms with Crippen molar-refractivity contribution in [2.45, 2.75) is 19.9 Å². The van der Waals surface area contributed by atoms with Crippen molar-refractivity contribution in [3.63, 3.8) is 0 Å². The molecule has 0 fully saturated rings. The molecule has 0 aliphatic carbocycles. The molecule has 1 unspecified atom stereocenters. The Balaban J connectivity index is 1.56. The van der Waals surface area contributed by atoms with E-state index in [2.05, 4.69) is 26.9 Å². The first-order valence-electron chi connectivity index (χ1n) is 8.34. The van der Waals surface area contributed by atoms with Crippen molar-refractivity contribution < 1.29 is 8.78 Å². The number of halogens is 2. The molecular formula is C19H17F2N5. The highest BCUT2D eigenvalue weighted by Gasteiger charge is 2.14. The summed E-state index contributed by atoms with van der Waals surface area (Å²) in [5, 5.41) is 0. The van der Waals surface area contributed by atoms with Gasteiger partial charge in [0.2, 0.25) is 0 Å². The minimum absolute atomic E-state index is 0.267. The number of hydrogen-bond donors (Lipinski definition) is 1. The van der Waals surface area contributed by atoms with Crippen molar-refractivity contribution in [3.8, 4) is 11.4 Å². The van der Waals surface area contributed by atoms with E-state index < -0.39 is 11.6 Å². The van der Waals surface area contributed by atoms with E-state index in [-0.39, 0.29) is 5.92 Å². The first-order valence-corrected chi connectivity index (χ1v) is 8.34. The zero-order valence-corrected chi connectivity index (χ0v) is 14.2. The minimum atomic E-state index is -0.611. The summed E-state index contributed by atoms with van der Waals surface area (Å²) in [6.45, 7) is 2.79. The van der Waals surface area contributed by atoms with Crippen molar-refractivity contribution in [1.29, 1.82) is 0 Å². The van der Waals surface area contributed by atoms with Gasteiger partial charge in [-0.2, -0.15) is 0 Å². The average molecular weight is 353 g/mol. The van der Waals surface area contributed by atoms with E-state index in [9.17, 15) is 8.78 Å². The van der Waals surface area contributed by atoms with E-state index >= 15 is 0 Å². The van der Waals surface area contributed by atoms with Crippen molar-refractivity contribution >= 4 is 11.2 Å². The van der Waals surface area contributed by atoms with Crippen LogP contribution in [0.2, 0.25) is 0 Å². The Bertz CT molecular complexity index is 1030. The van der Waals surface area contributed by atoms with Gasteiger partial charge in [0.1, 0.15) is 23.0 Å². The summed E-state index contributed by atoms with van der Waals surface area (Å²) in [4.78, 5) is 15.9. The highest BCUT2D eigenvalue weighted by Crippen LogP contribution is 2.23. The van der Waals surface area contributed by atoms with Crippen LogP contribution in [0.4, 0.5) is 8.78 Å². The second kappa shape index (κ2) is 6.67. The molecule has 26 heavy (non-hydrogen) atoms. The number of nitrogens with one attached hydrogen (secondary N) is 1. The lowest BCUT2D eigenvalue weighted by atomic mass is 10.0. The molecule has 1 N–H and O–H groups in total. The zero-order valence-electron chi connectivity index (χ0n) is 14.2. The third kappa shape index (κ3) is 3.20. The zero-order chi connectivity index (χ0) is 18.1. The van der Waals surface area contributed by atoms with Gasteiger partial charge in [-0.1, -0.05) is 6.92 Å². The number of pyridine rings is 1. The molecule has 3 aromatic heterocycles. The second-order valence-electron chi connectivity index (χ2n) is 6.44. The van der Waals surface area contributed by atoms with E-state index in [1.165, 1.54) is 12.1 Å². The predicted molar refractivity (Wildman–Crippen MR) is 94.3 cm³/mol. The SMILES string of the molecule is CC(Cc1ccnc2[nH]cnc12)Cn1ccnc1-c1cc(F)cc(F)c1. The minimum Gasteiger partial charge on any atom is -0.331 e. The van der Waals surface area contributed by atoms with Crippen molar-refractivity contribution in [2.24, 2.45) is 5.92 Å². The van der Waals surface area contributed by atoms with Crippen LogP contribution in [0.15, 0.2) is 49.2 Å². The van der Waals surface area contributed by atoms with Gasteiger partial charge >= 0.3 is 0 Å². The van der Waals surface area contributed by atoms with Crippen LogP contribution in [-0.2, 0) is 13.0 Å². The van der Waals surface area contributed by atoms with Crippen LogP contribution >= 0.6 is 0 Å². The van der Waals surface area contributed by atoms with Crippen LogP contribution in [0.5, 0.6) is 0 Å². The maximum absolute atomic E-state index is 13.5. The van der Waals surface area contributed by atoms with E-state index in [0.717, 1.165) is 29.2 Å². The molecule has 7 heteroatoms. The molecule has 0 radical (unpaired) electrons. The fourth-order valence-corrected chi connectivity index (χ4v) is 3.24. The first kappa shape index (κ1) is 16.4. The van der Waals surface area contributed by atoms with Gasteiger partial charge in [0.25, 0.3) is 0 Å². The molecule has 1 aromatic carbocycles. The normalized spacial score (nSPS) is 12.6. The number of nitrogens with zero attached hydrogens (tertiary/aromatic N) is 4. The van der Waals surface area contributed by atoms with E-state index in [0.29, 0.717) is 17.9 Å². The Morgan fingerprint density at radius 2 is 1.88 bits per heavy atom. The third-order valence-corrected chi connectivity index (χ3v) is 4.32. The Labute approximate surface area is 148 Å². The van der Waals surface area contributed by atoms with E-state index in [1.807, 2.05) is 16.8 Å². The maximum Gasteiger partial charge on any atom is 0.157 e. The molecule has 0 saturated carbocycles. The summed E-state index contributed by atoms with van der Waals surface area (Å²) in [5.41, 5.74) is 3.19. The number of fused-ring (bicyclic) bond motifs is 1. The van der Waals surface area contributed by atoms with Gasteiger partial charge in [-0.15, -0.1) is 0 Å². The predicted octanol–water partition coefficient (Wildman–Crippen LogP) is 3.98. The standard InChI is InChI=1S/C19H17F2N5/c1-12(6-13-2-3-22-18-17(13)24-11-25-18)10-26-5-4-23-19(26)14-7-15(20)9-16(21)8-14/h2-5,7-9,11-12H,6,10H2,1H3,(H,22,24,25). The van der Waals surface area contributed by atoms with Gasteiger partial charge in [0.15, 0.2) is 5.65 Å². The molecule has 4 rings (SSSR count). The fourth-order valence-electron chi connectivity index (χ4n) is 3.24. The van der Waals surface area contributed by atoms with E-state index in [1.54, 1.807) is 18.7 Å². The van der Waals surface area contributed by atoms with Crippen LogP contribution in [0.1, 0.15) is 12.5 Å².